The molecular weight excluding hydrogens is 302 g/mol. The normalized spacial score (nSPS) is 11.5. The van der Waals surface area contributed by atoms with Gasteiger partial charge in [0.25, 0.3) is 5.91 Å². The Morgan fingerprint density at radius 2 is 1.88 bits per heavy atom. The van der Waals surface area contributed by atoms with E-state index in [2.05, 4.69) is 34.5 Å². The summed E-state index contributed by atoms with van der Waals surface area (Å²) in [5, 5.41) is 6.61. The highest BCUT2D eigenvalue weighted by Gasteiger charge is 2.08. The summed E-state index contributed by atoms with van der Waals surface area (Å²) in [6.45, 7) is 5.78. The quantitative estimate of drug-likeness (QED) is 0.551. The topological polar surface area (TPSA) is 60.0 Å². The van der Waals surface area contributed by atoms with E-state index in [-0.39, 0.29) is 5.91 Å². The summed E-state index contributed by atoms with van der Waals surface area (Å²) in [5.74, 6) is 0.836. The number of likely N-dealkylation sites (N-methyl/N-ethyl adjacent to an activating group) is 1. The summed E-state index contributed by atoms with van der Waals surface area (Å²) >= 11 is 0. The van der Waals surface area contributed by atoms with Gasteiger partial charge in [0.1, 0.15) is 0 Å². The Bertz CT molecular complexity index is 542. The lowest BCUT2D eigenvalue weighted by Crippen LogP contribution is -2.41. The van der Waals surface area contributed by atoms with Crippen molar-refractivity contribution >= 4 is 11.9 Å². The van der Waals surface area contributed by atoms with Crippen molar-refractivity contribution in [3.8, 4) is 0 Å². The molecule has 0 aliphatic rings. The zero-order valence-electron chi connectivity index (χ0n) is 15.6. The molecule has 1 rings (SSSR count). The second kappa shape index (κ2) is 10.6. The first kappa shape index (κ1) is 20.0. The molecule has 0 atom stereocenters. The molecule has 24 heavy (non-hydrogen) atoms. The molecule has 0 heterocycles. The van der Waals surface area contributed by atoms with Gasteiger partial charge in [0.05, 0.1) is 0 Å². The Hall–Kier alpha value is -2.08. The largest absolute Gasteiger partial charge is 0.356 e. The van der Waals surface area contributed by atoms with Crippen LogP contribution in [0.1, 0.15) is 22.8 Å². The van der Waals surface area contributed by atoms with Crippen LogP contribution in [0.4, 0.5) is 0 Å². The Kier molecular flexibility index (Phi) is 8.86. The molecule has 2 N–H and O–H groups in total. The van der Waals surface area contributed by atoms with Gasteiger partial charge < -0.3 is 20.4 Å². The number of benzene rings is 1. The maximum absolute atomic E-state index is 12.0. The second-order valence-electron chi connectivity index (χ2n) is 5.97. The van der Waals surface area contributed by atoms with Crippen LogP contribution in [-0.2, 0) is 6.42 Å². The first-order valence-electron chi connectivity index (χ1n) is 8.41. The Labute approximate surface area is 145 Å². The maximum atomic E-state index is 12.0. The summed E-state index contributed by atoms with van der Waals surface area (Å²) in [6.07, 6.45) is 0.837. The third-order valence-electron chi connectivity index (χ3n) is 3.84. The van der Waals surface area contributed by atoms with E-state index in [1.54, 1.807) is 26.0 Å². The lowest BCUT2D eigenvalue weighted by atomic mass is 10.1. The Morgan fingerprint density at radius 1 is 1.17 bits per heavy atom. The minimum Gasteiger partial charge on any atom is -0.356 e. The molecule has 0 fully saturated rings. The predicted molar refractivity (Wildman–Crippen MR) is 101 cm³/mol. The second-order valence-corrected chi connectivity index (χ2v) is 5.97. The van der Waals surface area contributed by atoms with Crippen molar-refractivity contribution in [2.75, 3.05) is 54.4 Å². The lowest BCUT2D eigenvalue weighted by Gasteiger charge is -2.16. The molecule has 0 radical (unpaired) electrons. The van der Waals surface area contributed by atoms with Crippen molar-refractivity contribution in [2.24, 2.45) is 4.99 Å². The van der Waals surface area contributed by atoms with Crippen LogP contribution in [0.5, 0.6) is 0 Å². The summed E-state index contributed by atoms with van der Waals surface area (Å²) in [4.78, 5) is 20.1. The van der Waals surface area contributed by atoms with E-state index in [0.29, 0.717) is 0 Å². The number of nitrogens with one attached hydrogen (secondary N) is 2. The first-order chi connectivity index (χ1) is 11.5. The number of amides is 1. The number of hydrogen-bond acceptors (Lipinski definition) is 3. The molecule has 1 amide bonds. The SMILES string of the molecule is CCN(C)CCNC(=NC)NCCc1cccc(C(=O)N(C)C)c1. The van der Waals surface area contributed by atoms with Crippen molar-refractivity contribution in [3.05, 3.63) is 35.4 Å². The third kappa shape index (κ3) is 7.00. The van der Waals surface area contributed by atoms with Crippen LogP contribution in [0.15, 0.2) is 29.3 Å². The molecule has 1 aromatic carbocycles. The van der Waals surface area contributed by atoms with Gasteiger partial charge in [0.15, 0.2) is 5.96 Å². The van der Waals surface area contributed by atoms with E-state index in [9.17, 15) is 4.79 Å². The predicted octanol–water partition coefficient (Wildman–Crippen LogP) is 1.05. The van der Waals surface area contributed by atoms with Gasteiger partial charge in [-0.3, -0.25) is 9.79 Å². The fraction of sp³-hybridized carbons (Fsp3) is 0.556. The van der Waals surface area contributed by atoms with Crippen molar-refractivity contribution in [1.82, 2.24) is 20.4 Å². The average Bonchev–Trinajstić information content (AvgIpc) is 2.59. The smallest absolute Gasteiger partial charge is 0.253 e. The van der Waals surface area contributed by atoms with Gasteiger partial charge >= 0.3 is 0 Å². The molecule has 0 aliphatic carbocycles. The maximum Gasteiger partial charge on any atom is 0.253 e. The van der Waals surface area contributed by atoms with Crippen LogP contribution in [0.25, 0.3) is 0 Å². The van der Waals surface area contributed by atoms with Crippen LogP contribution >= 0.6 is 0 Å². The summed E-state index contributed by atoms with van der Waals surface area (Å²) in [7, 11) is 7.40. The minimum absolute atomic E-state index is 0.0299. The van der Waals surface area contributed by atoms with E-state index in [1.165, 1.54) is 0 Å². The van der Waals surface area contributed by atoms with E-state index in [0.717, 1.165) is 49.7 Å². The van der Waals surface area contributed by atoms with Gasteiger partial charge in [-0.05, 0) is 37.7 Å². The lowest BCUT2D eigenvalue weighted by molar-refractivity contribution is 0.0827. The molecule has 0 spiro atoms. The minimum atomic E-state index is 0.0299. The number of nitrogens with zero attached hydrogens (tertiary/aromatic N) is 3. The molecule has 0 unspecified atom stereocenters. The molecule has 1 aromatic rings. The zero-order chi connectivity index (χ0) is 17.9. The summed E-state index contributed by atoms with van der Waals surface area (Å²) < 4.78 is 0. The van der Waals surface area contributed by atoms with E-state index in [4.69, 9.17) is 0 Å². The number of carbonyl (C=O) groups excluding carboxylic acids is 1. The molecular formula is C18H31N5O. The molecule has 0 aromatic heterocycles. The number of carbonyl (C=O) groups is 1. The Morgan fingerprint density at radius 3 is 2.50 bits per heavy atom. The van der Waals surface area contributed by atoms with Crippen LogP contribution in [0.2, 0.25) is 0 Å². The van der Waals surface area contributed by atoms with E-state index < -0.39 is 0 Å². The van der Waals surface area contributed by atoms with Gasteiger partial charge in [-0.2, -0.15) is 0 Å². The fourth-order valence-corrected chi connectivity index (χ4v) is 2.19. The Balaban J connectivity index is 2.43. The van der Waals surface area contributed by atoms with Crippen LogP contribution in [0, 0.1) is 0 Å². The number of guanidine groups is 1. The van der Waals surface area contributed by atoms with Gasteiger partial charge in [0.2, 0.25) is 0 Å². The van der Waals surface area contributed by atoms with Crippen molar-refractivity contribution < 1.29 is 4.79 Å². The van der Waals surface area contributed by atoms with Crippen LogP contribution in [-0.4, -0.2) is 76.0 Å². The van der Waals surface area contributed by atoms with Gasteiger partial charge in [-0.15, -0.1) is 0 Å². The molecule has 0 aliphatic heterocycles. The van der Waals surface area contributed by atoms with Crippen molar-refractivity contribution in [1.29, 1.82) is 0 Å². The van der Waals surface area contributed by atoms with E-state index in [1.807, 2.05) is 24.3 Å². The van der Waals surface area contributed by atoms with Gasteiger partial charge in [0, 0.05) is 46.3 Å². The number of hydrogen-bond donors (Lipinski definition) is 2. The third-order valence-corrected chi connectivity index (χ3v) is 3.84. The standard InChI is InChI=1S/C18H31N5O/c1-6-23(5)13-12-21-18(19-2)20-11-10-15-8-7-9-16(14-15)17(24)22(3)4/h7-9,14H,6,10-13H2,1-5H3,(H2,19,20,21). The number of aliphatic imine (C=N–C) groups is 1. The molecule has 134 valence electrons. The molecule has 6 nitrogen and oxygen atoms in total. The highest BCUT2D eigenvalue weighted by atomic mass is 16.2. The monoisotopic (exact) mass is 333 g/mol. The highest BCUT2D eigenvalue weighted by Crippen LogP contribution is 2.07. The molecule has 6 heteroatoms. The van der Waals surface area contributed by atoms with E-state index >= 15 is 0 Å². The van der Waals surface area contributed by atoms with Crippen LogP contribution in [0.3, 0.4) is 0 Å². The average molecular weight is 333 g/mol. The summed E-state index contributed by atoms with van der Waals surface area (Å²) in [6, 6.07) is 7.78. The molecule has 0 saturated heterocycles. The highest BCUT2D eigenvalue weighted by molar-refractivity contribution is 5.94. The van der Waals surface area contributed by atoms with Crippen LogP contribution < -0.4 is 10.6 Å². The fourth-order valence-electron chi connectivity index (χ4n) is 2.19. The van der Waals surface area contributed by atoms with Crippen molar-refractivity contribution in [2.45, 2.75) is 13.3 Å². The first-order valence-corrected chi connectivity index (χ1v) is 8.41. The summed E-state index contributed by atoms with van der Waals surface area (Å²) in [5.41, 5.74) is 1.86. The van der Waals surface area contributed by atoms with Crippen molar-refractivity contribution in [3.63, 3.8) is 0 Å². The molecule has 0 saturated carbocycles. The molecule has 0 bridgehead atoms. The zero-order valence-corrected chi connectivity index (χ0v) is 15.6. The van der Waals surface area contributed by atoms with Gasteiger partial charge in [-0.1, -0.05) is 19.1 Å². The van der Waals surface area contributed by atoms with Gasteiger partial charge in [-0.25, -0.2) is 0 Å². The number of rotatable bonds is 8.